The molecule has 136 valence electrons. The lowest BCUT2D eigenvalue weighted by Crippen LogP contribution is -2.33. The van der Waals surface area contributed by atoms with Crippen LogP contribution in [0, 0.1) is 0 Å². The van der Waals surface area contributed by atoms with E-state index in [0.29, 0.717) is 22.7 Å². The summed E-state index contributed by atoms with van der Waals surface area (Å²) in [6.45, 7) is 1.30. The molecule has 1 aromatic carbocycles. The third-order valence-electron chi connectivity index (χ3n) is 4.57. The average Bonchev–Trinajstić information content (AvgIpc) is 3.29. The maximum atomic E-state index is 12.6. The van der Waals surface area contributed by atoms with Crippen LogP contribution in [0.3, 0.4) is 0 Å². The molecule has 2 N–H and O–H groups in total. The van der Waals surface area contributed by atoms with Crippen LogP contribution in [-0.4, -0.2) is 45.5 Å². The van der Waals surface area contributed by atoms with E-state index >= 15 is 0 Å². The van der Waals surface area contributed by atoms with Gasteiger partial charge in [-0.3, -0.25) is 14.2 Å². The van der Waals surface area contributed by atoms with Crippen LogP contribution in [0.1, 0.15) is 12.8 Å². The van der Waals surface area contributed by atoms with Gasteiger partial charge in [0.05, 0.1) is 11.9 Å². The van der Waals surface area contributed by atoms with Crippen molar-refractivity contribution in [2.75, 3.05) is 18.9 Å². The molecule has 0 aliphatic carbocycles. The SMILES string of the molecule is Cn1c(SCC(=O)NC[C@@H]2CCCO2)nc2c([nH]c3ccccc32)c1=O. The van der Waals surface area contributed by atoms with Crippen molar-refractivity contribution in [1.82, 2.24) is 19.9 Å². The van der Waals surface area contributed by atoms with Crippen molar-refractivity contribution in [3.63, 3.8) is 0 Å². The number of aromatic amines is 1. The van der Waals surface area contributed by atoms with Crippen molar-refractivity contribution in [2.45, 2.75) is 24.1 Å². The number of rotatable bonds is 5. The third kappa shape index (κ3) is 3.22. The lowest BCUT2D eigenvalue weighted by Gasteiger charge is -2.11. The standard InChI is InChI=1S/C18H20N4O3S/c1-22-17(24)16-15(12-6-2-3-7-13(12)20-16)21-18(22)26-10-14(23)19-9-11-5-4-8-25-11/h2-3,6-7,11,20H,4-5,8-10H2,1H3,(H,19,23)/t11-/m0/s1. The number of benzene rings is 1. The van der Waals surface area contributed by atoms with E-state index in [-0.39, 0.29) is 23.3 Å². The van der Waals surface area contributed by atoms with Crippen LogP contribution >= 0.6 is 11.8 Å². The number of fused-ring (bicyclic) bond motifs is 3. The quantitative estimate of drug-likeness (QED) is 0.527. The Morgan fingerprint density at radius 1 is 1.46 bits per heavy atom. The highest BCUT2D eigenvalue weighted by Gasteiger charge is 2.17. The van der Waals surface area contributed by atoms with Crippen molar-refractivity contribution in [1.29, 1.82) is 0 Å². The molecule has 1 fully saturated rings. The van der Waals surface area contributed by atoms with E-state index in [9.17, 15) is 9.59 Å². The summed E-state index contributed by atoms with van der Waals surface area (Å²) in [4.78, 5) is 32.5. The fourth-order valence-corrected chi connectivity index (χ4v) is 3.96. The highest BCUT2D eigenvalue weighted by molar-refractivity contribution is 7.99. The normalized spacial score (nSPS) is 17.2. The number of hydrogen-bond donors (Lipinski definition) is 2. The molecule has 0 saturated carbocycles. The average molecular weight is 372 g/mol. The van der Waals surface area contributed by atoms with Gasteiger partial charge in [-0.15, -0.1) is 0 Å². The maximum Gasteiger partial charge on any atom is 0.278 e. The van der Waals surface area contributed by atoms with Crippen molar-refractivity contribution in [2.24, 2.45) is 7.05 Å². The van der Waals surface area contributed by atoms with E-state index in [1.54, 1.807) is 7.05 Å². The van der Waals surface area contributed by atoms with Crippen LogP contribution in [0.2, 0.25) is 0 Å². The first-order valence-corrected chi connectivity index (χ1v) is 9.60. The number of amides is 1. The third-order valence-corrected chi connectivity index (χ3v) is 5.60. The molecule has 1 aliphatic rings. The summed E-state index contributed by atoms with van der Waals surface area (Å²) in [7, 11) is 1.67. The predicted molar refractivity (Wildman–Crippen MR) is 102 cm³/mol. The minimum atomic E-state index is -0.145. The fraction of sp³-hybridized carbons (Fsp3) is 0.389. The molecule has 0 bridgehead atoms. The summed E-state index contributed by atoms with van der Waals surface area (Å²) in [5.41, 5.74) is 1.86. The van der Waals surface area contributed by atoms with E-state index in [2.05, 4.69) is 15.3 Å². The van der Waals surface area contributed by atoms with Crippen LogP contribution in [0.15, 0.2) is 34.2 Å². The van der Waals surface area contributed by atoms with Crippen LogP contribution in [0.4, 0.5) is 0 Å². The molecule has 2 aromatic heterocycles. The van der Waals surface area contributed by atoms with Gasteiger partial charge < -0.3 is 15.0 Å². The van der Waals surface area contributed by atoms with Crippen molar-refractivity contribution >= 4 is 39.6 Å². The Labute approximate surface area is 154 Å². The van der Waals surface area contributed by atoms with Gasteiger partial charge in [-0.2, -0.15) is 0 Å². The van der Waals surface area contributed by atoms with Gasteiger partial charge in [-0.1, -0.05) is 30.0 Å². The summed E-state index contributed by atoms with van der Waals surface area (Å²) >= 11 is 1.26. The molecule has 1 atom stereocenters. The second-order valence-electron chi connectivity index (χ2n) is 6.38. The van der Waals surface area contributed by atoms with Gasteiger partial charge in [0.15, 0.2) is 5.16 Å². The molecule has 26 heavy (non-hydrogen) atoms. The molecule has 3 aromatic rings. The molecular weight excluding hydrogens is 352 g/mol. The number of para-hydroxylation sites is 1. The highest BCUT2D eigenvalue weighted by Crippen LogP contribution is 2.24. The Morgan fingerprint density at radius 2 is 2.31 bits per heavy atom. The van der Waals surface area contributed by atoms with Gasteiger partial charge >= 0.3 is 0 Å². The summed E-state index contributed by atoms with van der Waals surface area (Å²) in [6, 6.07) is 7.68. The molecule has 0 spiro atoms. The van der Waals surface area contributed by atoms with E-state index < -0.39 is 0 Å². The molecule has 0 unspecified atom stereocenters. The Bertz CT molecular complexity index is 1020. The van der Waals surface area contributed by atoms with Gasteiger partial charge in [0, 0.05) is 31.1 Å². The summed E-state index contributed by atoms with van der Waals surface area (Å²) in [6.07, 6.45) is 2.15. The van der Waals surface area contributed by atoms with Gasteiger partial charge in [0.25, 0.3) is 5.56 Å². The van der Waals surface area contributed by atoms with Crippen LogP contribution < -0.4 is 10.9 Å². The number of aromatic nitrogens is 3. The molecular formula is C18H20N4O3S. The molecule has 0 radical (unpaired) electrons. The van der Waals surface area contributed by atoms with Crippen molar-refractivity contribution in [3.8, 4) is 0 Å². The Morgan fingerprint density at radius 3 is 3.12 bits per heavy atom. The minimum absolute atomic E-state index is 0.0845. The molecule has 7 nitrogen and oxygen atoms in total. The van der Waals surface area contributed by atoms with E-state index in [1.165, 1.54) is 16.3 Å². The first-order chi connectivity index (χ1) is 12.6. The number of ether oxygens (including phenoxy) is 1. The molecule has 1 saturated heterocycles. The van der Waals surface area contributed by atoms with Crippen LogP contribution in [0.5, 0.6) is 0 Å². The van der Waals surface area contributed by atoms with Crippen molar-refractivity contribution in [3.05, 3.63) is 34.6 Å². The van der Waals surface area contributed by atoms with Gasteiger partial charge in [-0.25, -0.2) is 4.98 Å². The number of carbonyl (C=O) groups excluding carboxylic acids is 1. The smallest absolute Gasteiger partial charge is 0.278 e. The minimum Gasteiger partial charge on any atom is -0.376 e. The van der Waals surface area contributed by atoms with E-state index in [1.807, 2.05) is 24.3 Å². The Kier molecular flexibility index (Phi) is 4.69. The maximum absolute atomic E-state index is 12.6. The van der Waals surface area contributed by atoms with Crippen molar-refractivity contribution < 1.29 is 9.53 Å². The number of thioether (sulfide) groups is 1. The Balaban J connectivity index is 1.52. The summed E-state index contributed by atoms with van der Waals surface area (Å²) in [5, 5.41) is 4.32. The lowest BCUT2D eigenvalue weighted by molar-refractivity contribution is -0.119. The highest BCUT2D eigenvalue weighted by atomic mass is 32.2. The number of H-pyrrole nitrogens is 1. The molecule has 4 rings (SSSR count). The lowest BCUT2D eigenvalue weighted by atomic mass is 10.2. The second-order valence-corrected chi connectivity index (χ2v) is 7.32. The first-order valence-electron chi connectivity index (χ1n) is 8.62. The molecule has 3 heterocycles. The van der Waals surface area contributed by atoms with Gasteiger partial charge in [-0.05, 0) is 18.9 Å². The zero-order valence-electron chi connectivity index (χ0n) is 14.4. The molecule has 1 aliphatic heterocycles. The molecule has 1 amide bonds. The Hall–Kier alpha value is -2.32. The van der Waals surface area contributed by atoms with E-state index in [0.717, 1.165) is 30.4 Å². The predicted octanol–water partition coefficient (Wildman–Crippen LogP) is 1.80. The number of nitrogens with one attached hydrogen (secondary N) is 2. The van der Waals surface area contributed by atoms with Gasteiger partial charge in [0.2, 0.25) is 5.91 Å². The van der Waals surface area contributed by atoms with E-state index in [4.69, 9.17) is 4.74 Å². The monoisotopic (exact) mass is 372 g/mol. The van der Waals surface area contributed by atoms with Crippen LogP contribution in [-0.2, 0) is 16.6 Å². The summed E-state index contributed by atoms with van der Waals surface area (Å²) in [5.74, 6) is 0.125. The molecule has 8 heteroatoms. The zero-order valence-corrected chi connectivity index (χ0v) is 15.3. The second kappa shape index (κ2) is 7.13. The fourth-order valence-electron chi connectivity index (χ4n) is 3.17. The largest absolute Gasteiger partial charge is 0.376 e. The van der Waals surface area contributed by atoms with Gasteiger partial charge in [0.1, 0.15) is 11.0 Å². The first kappa shape index (κ1) is 17.1. The topological polar surface area (TPSA) is 89.0 Å². The number of nitrogens with zero attached hydrogens (tertiary/aromatic N) is 2. The summed E-state index contributed by atoms with van der Waals surface area (Å²) < 4.78 is 6.98. The zero-order chi connectivity index (χ0) is 18.1. The number of hydrogen-bond acceptors (Lipinski definition) is 5. The number of carbonyl (C=O) groups is 1. The van der Waals surface area contributed by atoms with Crippen LogP contribution in [0.25, 0.3) is 21.9 Å².